The number of esters is 1. The summed E-state index contributed by atoms with van der Waals surface area (Å²) in [5, 5.41) is 0. The summed E-state index contributed by atoms with van der Waals surface area (Å²) in [6, 6.07) is 0. The molecule has 1 saturated heterocycles. The monoisotopic (exact) mass is 321 g/mol. The topological polar surface area (TPSA) is 75.3 Å². The highest BCUT2D eigenvalue weighted by molar-refractivity contribution is 5.90. The molecule has 128 valence electrons. The van der Waals surface area contributed by atoms with Crippen LogP contribution in [0.1, 0.15) is 56.6 Å². The Kier molecular flexibility index (Phi) is 5.12. The molecule has 6 nitrogen and oxygen atoms in total. The lowest BCUT2D eigenvalue weighted by atomic mass is 9.75. The van der Waals surface area contributed by atoms with E-state index in [2.05, 4.69) is 35.6 Å². The van der Waals surface area contributed by atoms with Gasteiger partial charge in [0, 0.05) is 13.1 Å². The second-order valence-corrected chi connectivity index (χ2v) is 7.20. The van der Waals surface area contributed by atoms with Crippen LogP contribution in [0.2, 0.25) is 0 Å². The minimum atomic E-state index is -0.614. The Hall–Kier alpha value is -1.85. The number of nitrogens with zero attached hydrogens (tertiary/aromatic N) is 2. The third-order valence-corrected chi connectivity index (χ3v) is 4.59. The molecule has 0 saturated carbocycles. The van der Waals surface area contributed by atoms with Crippen molar-refractivity contribution < 1.29 is 9.53 Å². The number of aromatic nitrogens is 2. The van der Waals surface area contributed by atoms with E-state index in [1.54, 1.807) is 13.8 Å². The van der Waals surface area contributed by atoms with Gasteiger partial charge < -0.3 is 9.64 Å². The fraction of sp³-hybridized carbons (Fsp3) is 0.706. The lowest BCUT2D eigenvalue weighted by Crippen LogP contribution is -2.40. The fourth-order valence-electron chi connectivity index (χ4n) is 3.12. The molecule has 1 aromatic rings. The number of aromatic amines is 1. The van der Waals surface area contributed by atoms with E-state index in [1.807, 2.05) is 0 Å². The van der Waals surface area contributed by atoms with Crippen LogP contribution in [0.15, 0.2) is 4.79 Å². The van der Waals surface area contributed by atoms with E-state index in [1.165, 1.54) is 0 Å². The van der Waals surface area contributed by atoms with Gasteiger partial charge in [0.1, 0.15) is 5.56 Å². The molecular weight excluding hydrogens is 294 g/mol. The maximum Gasteiger partial charge on any atom is 0.345 e. The summed E-state index contributed by atoms with van der Waals surface area (Å²) in [7, 11) is 0. The number of rotatable bonds is 3. The van der Waals surface area contributed by atoms with Gasteiger partial charge in [-0.15, -0.1) is 0 Å². The van der Waals surface area contributed by atoms with E-state index in [0.29, 0.717) is 23.0 Å². The minimum Gasteiger partial charge on any atom is -0.462 e. The fourth-order valence-corrected chi connectivity index (χ4v) is 3.12. The van der Waals surface area contributed by atoms with E-state index in [4.69, 9.17) is 4.74 Å². The van der Waals surface area contributed by atoms with E-state index >= 15 is 0 Å². The van der Waals surface area contributed by atoms with Crippen molar-refractivity contribution in [1.29, 1.82) is 0 Å². The number of carbonyl (C=O) groups is 1. The van der Waals surface area contributed by atoms with Gasteiger partial charge in [-0.25, -0.2) is 9.78 Å². The number of carbonyl (C=O) groups excluding carboxylic acids is 1. The van der Waals surface area contributed by atoms with Crippen LogP contribution in [0.3, 0.4) is 0 Å². The SMILES string of the molecule is CCOC(=O)c1c(C)nc(N2CCC(C(C)(C)C)CC2)[nH]c1=O. The van der Waals surface area contributed by atoms with E-state index in [0.717, 1.165) is 25.9 Å². The Morgan fingerprint density at radius 2 is 1.96 bits per heavy atom. The molecule has 0 amide bonds. The van der Waals surface area contributed by atoms with Crippen LogP contribution in [-0.2, 0) is 4.74 Å². The van der Waals surface area contributed by atoms with Gasteiger partial charge in [-0.1, -0.05) is 20.8 Å². The predicted molar refractivity (Wildman–Crippen MR) is 89.9 cm³/mol. The number of ether oxygens (including phenoxy) is 1. The van der Waals surface area contributed by atoms with E-state index < -0.39 is 11.5 Å². The maximum atomic E-state index is 12.2. The highest BCUT2D eigenvalue weighted by atomic mass is 16.5. The van der Waals surface area contributed by atoms with Crippen LogP contribution in [0.5, 0.6) is 0 Å². The molecule has 1 aliphatic rings. The van der Waals surface area contributed by atoms with Gasteiger partial charge in [0.05, 0.1) is 12.3 Å². The number of nitrogens with one attached hydrogen (secondary N) is 1. The molecule has 0 aliphatic carbocycles. The molecule has 1 aliphatic heterocycles. The minimum absolute atomic E-state index is 0.000164. The van der Waals surface area contributed by atoms with Crippen molar-refractivity contribution in [2.45, 2.75) is 47.5 Å². The van der Waals surface area contributed by atoms with Gasteiger partial charge in [0.25, 0.3) is 5.56 Å². The number of hydrogen-bond acceptors (Lipinski definition) is 5. The summed E-state index contributed by atoms with van der Waals surface area (Å²) in [4.78, 5) is 33.3. The van der Waals surface area contributed by atoms with Gasteiger partial charge in [-0.05, 0) is 38.0 Å². The van der Waals surface area contributed by atoms with Crippen molar-refractivity contribution in [3.8, 4) is 0 Å². The maximum absolute atomic E-state index is 12.2. The predicted octanol–water partition coefficient (Wildman–Crippen LogP) is 2.52. The molecule has 23 heavy (non-hydrogen) atoms. The summed E-state index contributed by atoms with van der Waals surface area (Å²) in [5.74, 6) is 0.607. The first-order valence-electron chi connectivity index (χ1n) is 8.27. The molecule has 1 fully saturated rings. The van der Waals surface area contributed by atoms with Crippen molar-refractivity contribution in [2.24, 2.45) is 11.3 Å². The standard InChI is InChI=1S/C17H27N3O3/c1-6-23-15(22)13-11(2)18-16(19-14(13)21)20-9-7-12(8-10-20)17(3,4)5/h12H,6-10H2,1-5H3,(H,18,19,21). The summed E-state index contributed by atoms with van der Waals surface area (Å²) in [6.45, 7) is 12.2. The highest BCUT2D eigenvalue weighted by Gasteiger charge is 2.30. The lowest BCUT2D eigenvalue weighted by molar-refractivity contribution is 0.0522. The Bertz CT molecular complexity index is 623. The summed E-state index contributed by atoms with van der Waals surface area (Å²) < 4.78 is 4.91. The smallest absolute Gasteiger partial charge is 0.345 e. The van der Waals surface area contributed by atoms with Gasteiger partial charge in [-0.2, -0.15) is 0 Å². The second kappa shape index (κ2) is 6.72. The first-order valence-corrected chi connectivity index (χ1v) is 8.27. The van der Waals surface area contributed by atoms with Gasteiger partial charge in [0.2, 0.25) is 5.95 Å². The molecule has 6 heteroatoms. The Morgan fingerprint density at radius 1 is 1.35 bits per heavy atom. The lowest BCUT2D eigenvalue weighted by Gasteiger charge is -2.39. The molecule has 1 aromatic heterocycles. The summed E-state index contributed by atoms with van der Waals surface area (Å²) in [6.07, 6.45) is 2.15. The first kappa shape index (κ1) is 17.5. The quantitative estimate of drug-likeness (QED) is 0.866. The number of aryl methyl sites for hydroxylation is 1. The molecular formula is C17H27N3O3. The molecule has 0 radical (unpaired) electrons. The molecule has 2 heterocycles. The van der Waals surface area contributed by atoms with Gasteiger partial charge >= 0.3 is 5.97 Å². The Morgan fingerprint density at radius 3 is 2.43 bits per heavy atom. The zero-order valence-electron chi connectivity index (χ0n) is 14.7. The molecule has 0 atom stereocenters. The molecule has 0 aromatic carbocycles. The number of H-pyrrole nitrogens is 1. The van der Waals surface area contributed by atoms with Gasteiger partial charge in [0.15, 0.2) is 0 Å². The van der Waals surface area contributed by atoms with Crippen molar-refractivity contribution in [3.63, 3.8) is 0 Å². The van der Waals surface area contributed by atoms with Crippen LogP contribution in [-0.4, -0.2) is 35.6 Å². The first-order chi connectivity index (χ1) is 10.7. The van der Waals surface area contributed by atoms with Crippen molar-refractivity contribution in [3.05, 3.63) is 21.6 Å². The zero-order valence-corrected chi connectivity index (χ0v) is 14.7. The number of piperidine rings is 1. The van der Waals surface area contributed by atoms with Crippen LogP contribution in [0.25, 0.3) is 0 Å². The van der Waals surface area contributed by atoms with Gasteiger partial charge in [-0.3, -0.25) is 9.78 Å². The average Bonchev–Trinajstić information content (AvgIpc) is 2.46. The Labute approximate surface area is 137 Å². The molecule has 0 spiro atoms. The third kappa shape index (κ3) is 3.92. The van der Waals surface area contributed by atoms with Crippen LogP contribution < -0.4 is 10.5 Å². The third-order valence-electron chi connectivity index (χ3n) is 4.59. The van der Waals surface area contributed by atoms with Crippen LogP contribution in [0.4, 0.5) is 5.95 Å². The zero-order chi connectivity index (χ0) is 17.2. The molecule has 2 rings (SSSR count). The van der Waals surface area contributed by atoms with Crippen molar-refractivity contribution in [1.82, 2.24) is 9.97 Å². The summed E-state index contributed by atoms with van der Waals surface area (Å²) >= 11 is 0. The second-order valence-electron chi connectivity index (χ2n) is 7.20. The van der Waals surface area contributed by atoms with Crippen molar-refractivity contribution in [2.75, 3.05) is 24.6 Å². The molecule has 0 unspecified atom stereocenters. The molecule has 0 bridgehead atoms. The molecule has 1 N–H and O–H groups in total. The highest BCUT2D eigenvalue weighted by Crippen LogP contribution is 2.34. The largest absolute Gasteiger partial charge is 0.462 e. The van der Waals surface area contributed by atoms with Crippen LogP contribution in [0, 0.1) is 18.3 Å². The number of anilines is 1. The number of hydrogen-bond donors (Lipinski definition) is 1. The van der Waals surface area contributed by atoms with E-state index in [9.17, 15) is 9.59 Å². The van der Waals surface area contributed by atoms with Crippen molar-refractivity contribution >= 4 is 11.9 Å². The van der Waals surface area contributed by atoms with Crippen LogP contribution >= 0.6 is 0 Å². The average molecular weight is 321 g/mol. The Balaban J connectivity index is 2.17. The normalized spacial score (nSPS) is 16.5. The van der Waals surface area contributed by atoms with E-state index in [-0.39, 0.29) is 12.2 Å². The summed E-state index contributed by atoms with van der Waals surface area (Å²) in [5.41, 5.74) is 0.292.